The third kappa shape index (κ3) is 6.04. The van der Waals surface area contributed by atoms with E-state index >= 15 is 0 Å². The Bertz CT molecular complexity index is 1560. The molecule has 216 valence electrons. The number of carbonyl (C=O) groups excluding carboxylic acids is 1. The lowest BCUT2D eigenvalue weighted by molar-refractivity contribution is 0.0446. The second-order valence-corrected chi connectivity index (χ2v) is 12.7. The van der Waals surface area contributed by atoms with Gasteiger partial charge in [0.15, 0.2) is 5.13 Å². The van der Waals surface area contributed by atoms with Crippen LogP contribution in [0, 0.1) is 0 Å². The Morgan fingerprint density at radius 1 is 1.17 bits per heavy atom. The van der Waals surface area contributed by atoms with Crippen LogP contribution in [-0.2, 0) is 16.1 Å². The van der Waals surface area contributed by atoms with Crippen molar-refractivity contribution in [3.05, 3.63) is 57.3 Å². The first-order valence-corrected chi connectivity index (χ1v) is 15.4. The number of methoxy groups -OCH3 is 1. The standard InChI is InChI=1S/C30H31Cl2N3O5S/c1-15(2)39-23-11-17(29(36)37-3)12-24-27(23)34-30(41-24)33-18-9-10-19(13-18)38-14-20-26(35-40-28(20)16-7-8-16)25-21(31)5-4-6-22(25)32/h4-6,11-12,15-16,18-19H,7-10,13-14H2,1-3H3,(H,33,34)/t18-,19+/m1/s1. The summed E-state index contributed by atoms with van der Waals surface area (Å²) in [7, 11) is 1.37. The summed E-state index contributed by atoms with van der Waals surface area (Å²) in [5.41, 5.74) is 3.45. The van der Waals surface area contributed by atoms with Gasteiger partial charge in [-0.3, -0.25) is 0 Å². The molecule has 2 atom stereocenters. The van der Waals surface area contributed by atoms with Crippen LogP contribution in [0.4, 0.5) is 5.13 Å². The highest BCUT2D eigenvalue weighted by Crippen LogP contribution is 2.46. The maximum absolute atomic E-state index is 12.2. The quantitative estimate of drug-likeness (QED) is 0.178. The Morgan fingerprint density at radius 3 is 2.66 bits per heavy atom. The number of nitrogens with zero attached hydrogens (tertiary/aromatic N) is 2. The van der Waals surface area contributed by atoms with Gasteiger partial charge in [-0.15, -0.1) is 0 Å². The first-order valence-electron chi connectivity index (χ1n) is 13.8. The lowest BCUT2D eigenvalue weighted by atomic mass is 10.0. The van der Waals surface area contributed by atoms with Crippen molar-refractivity contribution in [2.75, 3.05) is 12.4 Å². The van der Waals surface area contributed by atoms with E-state index in [-0.39, 0.29) is 18.2 Å². The summed E-state index contributed by atoms with van der Waals surface area (Å²) < 4.78 is 24.0. The van der Waals surface area contributed by atoms with Gasteiger partial charge in [-0.2, -0.15) is 0 Å². The summed E-state index contributed by atoms with van der Waals surface area (Å²) >= 11 is 14.5. The topological polar surface area (TPSA) is 95.7 Å². The number of anilines is 1. The van der Waals surface area contributed by atoms with Crippen LogP contribution in [0.2, 0.25) is 10.0 Å². The Kier molecular flexibility index (Phi) is 8.14. The number of halogens is 2. The maximum Gasteiger partial charge on any atom is 0.338 e. The van der Waals surface area contributed by atoms with Gasteiger partial charge in [0, 0.05) is 23.1 Å². The van der Waals surface area contributed by atoms with Crippen molar-refractivity contribution in [2.45, 2.75) is 76.7 Å². The van der Waals surface area contributed by atoms with E-state index in [4.69, 9.17) is 46.9 Å². The smallest absolute Gasteiger partial charge is 0.338 e. The monoisotopic (exact) mass is 615 g/mol. The molecule has 0 unspecified atom stereocenters. The number of rotatable bonds is 10. The number of thiazole rings is 1. The van der Waals surface area contributed by atoms with Gasteiger partial charge in [-0.25, -0.2) is 9.78 Å². The summed E-state index contributed by atoms with van der Waals surface area (Å²) in [5.74, 6) is 1.42. The Balaban J connectivity index is 1.15. The van der Waals surface area contributed by atoms with E-state index in [1.165, 1.54) is 18.4 Å². The Labute approximate surface area is 252 Å². The van der Waals surface area contributed by atoms with Crippen LogP contribution in [-0.4, -0.2) is 41.5 Å². The van der Waals surface area contributed by atoms with Crippen molar-refractivity contribution in [3.63, 3.8) is 0 Å². The number of carbonyl (C=O) groups is 1. The van der Waals surface area contributed by atoms with Crippen LogP contribution >= 0.6 is 34.5 Å². The lowest BCUT2D eigenvalue weighted by Gasteiger charge is -2.14. The van der Waals surface area contributed by atoms with Gasteiger partial charge in [0.1, 0.15) is 22.7 Å². The molecule has 4 aromatic rings. The molecule has 0 spiro atoms. The zero-order chi connectivity index (χ0) is 28.7. The van der Waals surface area contributed by atoms with Crippen molar-refractivity contribution in [3.8, 4) is 17.0 Å². The molecule has 0 aliphatic heterocycles. The molecule has 2 aromatic heterocycles. The van der Waals surface area contributed by atoms with Crippen molar-refractivity contribution < 1.29 is 23.5 Å². The number of hydrogen-bond acceptors (Lipinski definition) is 9. The fourth-order valence-corrected chi connectivity index (χ4v) is 6.86. The van der Waals surface area contributed by atoms with Crippen molar-refractivity contribution in [1.29, 1.82) is 0 Å². The highest BCUT2D eigenvalue weighted by Gasteiger charge is 2.34. The van der Waals surface area contributed by atoms with E-state index in [1.54, 1.807) is 12.1 Å². The van der Waals surface area contributed by atoms with E-state index in [0.29, 0.717) is 45.1 Å². The van der Waals surface area contributed by atoms with Crippen LogP contribution in [0.5, 0.6) is 5.75 Å². The van der Waals surface area contributed by atoms with E-state index < -0.39 is 5.97 Å². The van der Waals surface area contributed by atoms with Crippen LogP contribution in [0.15, 0.2) is 34.9 Å². The first kappa shape index (κ1) is 28.3. The third-order valence-corrected chi connectivity index (χ3v) is 8.95. The first-order chi connectivity index (χ1) is 19.8. The molecule has 0 saturated heterocycles. The van der Waals surface area contributed by atoms with E-state index in [2.05, 4.69) is 10.5 Å². The second kappa shape index (κ2) is 11.8. The number of ether oxygens (including phenoxy) is 3. The molecule has 2 aliphatic carbocycles. The molecule has 6 rings (SSSR count). The largest absolute Gasteiger partial charge is 0.489 e. The highest BCUT2D eigenvalue weighted by atomic mass is 35.5. The summed E-state index contributed by atoms with van der Waals surface area (Å²) in [5, 5.41) is 9.81. The van der Waals surface area contributed by atoms with Crippen LogP contribution in [0.25, 0.3) is 21.5 Å². The third-order valence-electron chi connectivity index (χ3n) is 7.39. The molecular weight excluding hydrogens is 585 g/mol. The molecule has 41 heavy (non-hydrogen) atoms. The zero-order valence-corrected chi connectivity index (χ0v) is 25.4. The van der Waals surface area contributed by atoms with Gasteiger partial charge in [0.05, 0.1) is 46.2 Å². The van der Waals surface area contributed by atoms with Crippen LogP contribution in [0.3, 0.4) is 0 Å². The fraction of sp³-hybridized carbons (Fsp3) is 0.433. The molecule has 0 radical (unpaired) electrons. The van der Waals surface area contributed by atoms with Crippen molar-refractivity contribution in [2.24, 2.45) is 0 Å². The molecular formula is C30H31Cl2N3O5S. The average Bonchev–Trinajstić information content (AvgIpc) is 3.33. The van der Waals surface area contributed by atoms with Gasteiger partial charge in [0.2, 0.25) is 0 Å². The predicted octanol–water partition coefficient (Wildman–Crippen LogP) is 8.26. The van der Waals surface area contributed by atoms with Gasteiger partial charge in [0.25, 0.3) is 0 Å². The van der Waals surface area contributed by atoms with E-state index in [0.717, 1.165) is 58.8 Å². The molecule has 8 nitrogen and oxygen atoms in total. The van der Waals surface area contributed by atoms with E-state index in [9.17, 15) is 4.79 Å². The minimum Gasteiger partial charge on any atom is -0.489 e. The summed E-state index contributed by atoms with van der Waals surface area (Å²) in [6, 6.07) is 9.14. The molecule has 0 bridgehead atoms. The molecule has 2 heterocycles. The highest BCUT2D eigenvalue weighted by molar-refractivity contribution is 7.22. The van der Waals surface area contributed by atoms with Crippen LogP contribution < -0.4 is 10.1 Å². The molecule has 11 heteroatoms. The molecule has 0 amide bonds. The average molecular weight is 617 g/mol. The summed E-state index contributed by atoms with van der Waals surface area (Å²) in [4.78, 5) is 17.0. The molecule has 2 saturated carbocycles. The number of nitrogens with one attached hydrogen (secondary N) is 1. The number of esters is 1. The number of fused-ring (bicyclic) bond motifs is 1. The summed E-state index contributed by atoms with van der Waals surface area (Å²) in [6.07, 6.45) is 4.89. The van der Waals surface area contributed by atoms with Gasteiger partial charge in [-0.1, -0.05) is 45.8 Å². The number of aromatic nitrogens is 2. The zero-order valence-electron chi connectivity index (χ0n) is 23.0. The Hall–Kier alpha value is -2.85. The fourth-order valence-electron chi connectivity index (χ4n) is 5.29. The van der Waals surface area contributed by atoms with Crippen molar-refractivity contribution in [1.82, 2.24) is 10.1 Å². The normalized spacial score (nSPS) is 18.8. The second-order valence-electron chi connectivity index (χ2n) is 10.8. The van der Waals surface area contributed by atoms with Gasteiger partial charge in [-0.05, 0) is 70.2 Å². The number of benzene rings is 2. The summed E-state index contributed by atoms with van der Waals surface area (Å²) in [6.45, 7) is 4.27. The van der Waals surface area contributed by atoms with Crippen molar-refractivity contribution >= 4 is 55.9 Å². The Morgan fingerprint density at radius 2 is 1.95 bits per heavy atom. The lowest BCUT2D eigenvalue weighted by Crippen LogP contribution is -2.17. The SMILES string of the molecule is COC(=O)c1cc(OC(C)C)c2nc(N[C@@H]3CC[C@H](OCc4c(-c5c(Cl)cccc5Cl)noc4C4CC4)C3)sc2c1. The predicted molar refractivity (Wildman–Crippen MR) is 160 cm³/mol. The maximum atomic E-state index is 12.2. The molecule has 2 aromatic carbocycles. The van der Waals surface area contributed by atoms with Gasteiger partial charge >= 0.3 is 5.97 Å². The van der Waals surface area contributed by atoms with E-state index in [1.807, 2.05) is 32.0 Å². The minimum atomic E-state index is -0.406. The van der Waals surface area contributed by atoms with Crippen LogP contribution in [0.1, 0.15) is 73.6 Å². The molecule has 2 aliphatic rings. The molecule has 1 N–H and O–H groups in total. The minimum absolute atomic E-state index is 0.0581. The number of hydrogen-bond donors (Lipinski definition) is 1. The van der Waals surface area contributed by atoms with Gasteiger partial charge < -0.3 is 24.1 Å². The molecule has 2 fully saturated rings.